The third-order valence-electron chi connectivity index (χ3n) is 9.78. The predicted octanol–water partition coefficient (Wildman–Crippen LogP) is 4.91. The molecule has 3 aromatic rings. The van der Waals surface area contributed by atoms with Crippen molar-refractivity contribution in [1.82, 2.24) is 24.2 Å². The fourth-order valence-electron chi connectivity index (χ4n) is 6.72. The number of morpholine rings is 1. The molecule has 1 amide bonds. The molecule has 1 saturated heterocycles. The summed E-state index contributed by atoms with van der Waals surface area (Å²) in [6.07, 6.45) is 8.18. The molecule has 44 heavy (non-hydrogen) atoms. The summed E-state index contributed by atoms with van der Waals surface area (Å²) in [5.74, 6) is 1.76. The number of nitrogens with one attached hydrogen (secondary N) is 2. The van der Waals surface area contributed by atoms with Crippen LogP contribution < -0.4 is 14.9 Å². The number of hydrogen-bond donors (Lipinski definition) is 2. The van der Waals surface area contributed by atoms with Gasteiger partial charge in [0.05, 0.1) is 25.0 Å². The zero-order valence-electron chi connectivity index (χ0n) is 26.0. The lowest BCUT2D eigenvalue weighted by Crippen LogP contribution is -2.41. The molecule has 238 valence electrons. The molecule has 2 saturated carbocycles. The van der Waals surface area contributed by atoms with E-state index in [0.717, 1.165) is 55.2 Å². The first kappa shape index (κ1) is 30.8. The zero-order chi connectivity index (χ0) is 30.8. The summed E-state index contributed by atoms with van der Waals surface area (Å²) in [5, 5.41) is 3.62. The van der Waals surface area contributed by atoms with Gasteiger partial charge in [-0.05, 0) is 62.8 Å². The topological polar surface area (TPSA) is 131 Å². The van der Waals surface area contributed by atoms with Crippen LogP contribution in [0.15, 0.2) is 30.3 Å². The van der Waals surface area contributed by atoms with E-state index in [-0.39, 0.29) is 23.7 Å². The first-order chi connectivity index (χ1) is 21.2. The SMILES string of the molecule is CCS(=O)(=O)NC(=O)c1nc(N[C@H](C)C2CCC2)c2c(n1)nc(N1CCOC[C@H]1c1ccccc1)n2CC1CCC(C)CC1. The molecular weight excluding hydrogens is 578 g/mol. The second-order valence-corrected chi connectivity index (χ2v) is 14.9. The van der Waals surface area contributed by atoms with Crippen LogP contribution in [0.25, 0.3) is 11.2 Å². The number of amides is 1. The van der Waals surface area contributed by atoms with Crippen LogP contribution in [-0.2, 0) is 21.3 Å². The van der Waals surface area contributed by atoms with Crippen molar-refractivity contribution in [2.75, 3.05) is 35.7 Å². The summed E-state index contributed by atoms with van der Waals surface area (Å²) >= 11 is 0. The minimum absolute atomic E-state index is 0.0392. The Hall–Kier alpha value is -3.25. The minimum atomic E-state index is -3.79. The second-order valence-electron chi connectivity index (χ2n) is 12.9. The summed E-state index contributed by atoms with van der Waals surface area (Å²) < 4.78 is 34.9. The van der Waals surface area contributed by atoms with Crippen LogP contribution in [0.5, 0.6) is 0 Å². The third kappa shape index (κ3) is 6.56. The van der Waals surface area contributed by atoms with Gasteiger partial charge < -0.3 is 19.5 Å². The normalized spacial score (nSPS) is 23.7. The molecule has 12 heteroatoms. The Labute approximate surface area is 260 Å². The Kier molecular flexibility index (Phi) is 9.09. The molecule has 2 aliphatic carbocycles. The van der Waals surface area contributed by atoms with Gasteiger partial charge in [-0.3, -0.25) is 4.79 Å². The molecule has 2 N–H and O–H groups in total. The van der Waals surface area contributed by atoms with Crippen LogP contribution in [0.3, 0.4) is 0 Å². The van der Waals surface area contributed by atoms with Crippen molar-refractivity contribution < 1.29 is 17.9 Å². The number of nitrogens with zero attached hydrogens (tertiary/aromatic N) is 5. The first-order valence-electron chi connectivity index (χ1n) is 16.2. The molecule has 1 aromatic carbocycles. The standard InChI is InChI=1S/C32H45N7O4S/c1-4-44(41,42)37-31(40)30-34-28(33-22(3)24-11-8-12-24)27-29(35-30)36-32(39(27)19-23-15-13-21(2)14-16-23)38-17-18-43-20-26(38)25-9-6-5-7-10-25/h5-7,9-10,21-24,26H,4,8,11-20H2,1-3H3,(H,37,40)(H,33,34,35)/t21?,22-,23?,26+/m1/s1. The fraction of sp³-hybridized carbons (Fsp3) is 0.625. The predicted molar refractivity (Wildman–Crippen MR) is 171 cm³/mol. The Bertz CT molecular complexity index is 1570. The number of ether oxygens (including phenoxy) is 1. The molecule has 3 aliphatic rings. The Morgan fingerprint density at radius 1 is 1.07 bits per heavy atom. The monoisotopic (exact) mass is 623 g/mol. The molecule has 3 fully saturated rings. The van der Waals surface area contributed by atoms with Crippen LogP contribution in [0, 0.1) is 17.8 Å². The number of carbonyl (C=O) groups is 1. The highest BCUT2D eigenvalue weighted by Crippen LogP contribution is 2.38. The van der Waals surface area contributed by atoms with Crippen molar-refractivity contribution in [3.63, 3.8) is 0 Å². The Balaban J connectivity index is 1.49. The average Bonchev–Trinajstić information content (AvgIpc) is 3.35. The van der Waals surface area contributed by atoms with E-state index in [9.17, 15) is 13.2 Å². The van der Waals surface area contributed by atoms with Crippen molar-refractivity contribution in [3.05, 3.63) is 41.7 Å². The largest absolute Gasteiger partial charge is 0.377 e. The van der Waals surface area contributed by atoms with Gasteiger partial charge in [-0.1, -0.05) is 56.5 Å². The third-order valence-corrected chi connectivity index (χ3v) is 11.0. The lowest BCUT2D eigenvalue weighted by molar-refractivity contribution is 0.0927. The number of aromatic nitrogens is 4. The molecule has 0 bridgehead atoms. The van der Waals surface area contributed by atoms with Crippen molar-refractivity contribution >= 4 is 38.9 Å². The summed E-state index contributed by atoms with van der Waals surface area (Å²) in [7, 11) is -3.79. The van der Waals surface area contributed by atoms with E-state index in [1.54, 1.807) is 0 Å². The summed E-state index contributed by atoms with van der Waals surface area (Å²) in [6, 6.07) is 10.4. The molecular formula is C32H45N7O4S. The van der Waals surface area contributed by atoms with E-state index >= 15 is 0 Å². The van der Waals surface area contributed by atoms with Crippen molar-refractivity contribution in [2.45, 2.75) is 84.3 Å². The number of rotatable bonds is 10. The lowest BCUT2D eigenvalue weighted by atomic mass is 9.80. The molecule has 1 aliphatic heterocycles. The van der Waals surface area contributed by atoms with E-state index in [1.165, 1.54) is 26.2 Å². The molecule has 0 spiro atoms. The summed E-state index contributed by atoms with van der Waals surface area (Å²) in [6.45, 7) is 8.49. The van der Waals surface area contributed by atoms with Gasteiger partial charge in [-0.2, -0.15) is 4.98 Å². The van der Waals surface area contributed by atoms with Gasteiger partial charge >= 0.3 is 5.91 Å². The highest BCUT2D eigenvalue weighted by Gasteiger charge is 2.33. The Morgan fingerprint density at radius 3 is 2.50 bits per heavy atom. The number of carbonyl (C=O) groups excluding carboxylic acids is 1. The molecule has 2 aromatic heterocycles. The van der Waals surface area contributed by atoms with Gasteiger partial charge in [-0.15, -0.1) is 0 Å². The van der Waals surface area contributed by atoms with E-state index < -0.39 is 15.9 Å². The van der Waals surface area contributed by atoms with Gasteiger partial charge in [0.2, 0.25) is 21.8 Å². The van der Waals surface area contributed by atoms with Gasteiger partial charge in [0, 0.05) is 19.1 Å². The molecule has 2 atom stereocenters. The molecule has 6 rings (SSSR count). The van der Waals surface area contributed by atoms with E-state index in [2.05, 4.69) is 50.5 Å². The Morgan fingerprint density at radius 2 is 1.82 bits per heavy atom. The van der Waals surface area contributed by atoms with E-state index in [1.807, 2.05) is 18.2 Å². The molecule has 0 unspecified atom stereocenters. The van der Waals surface area contributed by atoms with Gasteiger partial charge in [0.1, 0.15) is 5.52 Å². The molecule has 3 heterocycles. The van der Waals surface area contributed by atoms with Gasteiger partial charge in [0.25, 0.3) is 0 Å². The maximum atomic E-state index is 13.2. The quantitative estimate of drug-likeness (QED) is 0.323. The average molecular weight is 624 g/mol. The van der Waals surface area contributed by atoms with Crippen LogP contribution >= 0.6 is 0 Å². The summed E-state index contributed by atoms with van der Waals surface area (Å²) in [5.41, 5.74) is 2.29. The first-order valence-corrected chi connectivity index (χ1v) is 17.9. The molecule has 0 radical (unpaired) electrons. The second kappa shape index (κ2) is 13.0. The number of hydrogen-bond acceptors (Lipinski definition) is 9. The lowest BCUT2D eigenvalue weighted by Gasteiger charge is -2.37. The number of fused-ring (bicyclic) bond motifs is 1. The highest BCUT2D eigenvalue weighted by atomic mass is 32.2. The van der Waals surface area contributed by atoms with Crippen LogP contribution in [-0.4, -0.2) is 65.4 Å². The van der Waals surface area contributed by atoms with Crippen LogP contribution in [0.4, 0.5) is 11.8 Å². The summed E-state index contributed by atoms with van der Waals surface area (Å²) in [4.78, 5) is 29.9. The van der Waals surface area contributed by atoms with Gasteiger partial charge in [0.15, 0.2) is 11.5 Å². The minimum Gasteiger partial charge on any atom is -0.377 e. The maximum Gasteiger partial charge on any atom is 0.302 e. The van der Waals surface area contributed by atoms with Gasteiger partial charge in [-0.25, -0.2) is 23.1 Å². The van der Waals surface area contributed by atoms with Crippen LogP contribution in [0.1, 0.15) is 87.9 Å². The number of imidazole rings is 1. The molecule has 11 nitrogen and oxygen atoms in total. The smallest absolute Gasteiger partial charge is 0.302 e. The van der Waals surface area contributed by atoms with Crippen molar-refractivity contribution in [2.24, 2.45) is 17.8 Å². The zero-order valence-corrected chi connectivity index (χ0v) is 26.9. The van der Waals surface area contributed by atoms with E-state index in [4.69, 9.17) is 14.7 Å². The number of anilines is 2. The number of sulfonamides is 1. The van der Waals surface area contributed by atoms with Crippen LogP contribution in [0.2, 0.25) is 0 Å². The highest BCUT2D eigenvalue weighted by molar-refractivity contribution is 7.90. The van der Waals surface area contributed by atoms with Crippen molar-refractivity contribution in [3.8, 4) is 0 Å². The maximum absolute atomic E-state index is 13.2. The number of benzene rings is 1. The fourth-order valence-corrected chi connectivity index (χ4v) is 7.23. The van der Waals surface area contributed by atoms with E-state index in [0.29, 0.717) is 43.1 Å². The van der Waals surface area contributed by atoms with Crippen molar-refractivity contribution in [1.29, 1.82) is 0 Å².